The fourth-order valence-electron chi connectivity index (χ4n) is 0.858. The highest BCUT2D eigenvalue weighted by Crippen LogP contribution is 2.15. The normalized spacial score (nSPS) is 10.0. The second-order valence-corrected chi connectivity index (χ2v) is 2.70. The monoisotopic (exact) mass is 190 g/mol. The van der Waals surface area contributed by atoms with Crippen molar-refractivity contribution >= 4 is 16.8 Å². The van der Waals surface area contributed by atoms with E-state index >= 15 is 0 Å². The van der Waals surface area contributed by atoms with Gasteiger partial charge in [-0.1, -0.05) is 0 Å². The highest BCUT2D eigenvalue weighted by atomic mass is 35.5. The van der Waals surface area contributed by atoms with Gasteiger partial charge >= 0.3 is 0 Å². The molecular formula is C8H5ClF2O. The number of carbonyl (C=O) groups excluding carboxylic acids is 1. The summed E-state index contributed by atoms with van der Waals surface area (Å²) in [4.78, 5) is 10.6. The summed E-state index contributed by atoms with van der Waals surface area (Å²) in [5.74, 6) is -2.04. The fraction of sp³-hybridized carbons (Fsp3) is 0.125. The summed E-state index contributed by atoms with van der Waals surface area (Å²) in [6.45, 7) is 1.48. The lowest BCUT2D eigenvalue weighted by Gasteiger charge is -2.00. The third-order valence-corrected chi connectivity index (χ3v) is 1.68. The van der Waals surface area contributed by atoms with E-state index in [1.54, 1.807) is 0 Å². The standard InChI is InChI=1S/C8H5ClF2O/c1-4-2-6(10)7(11)3-5(4)8(9)12/h2-3H,1H3. The molecular weight excluding hydrogens is 186 g/mol. The zero-order valence-electron chi connectivity index (χ0n) is 6.20. The molecule has 1 nitrogen and oxygen atoms in total. The molecule has 0 saturated heterocycles. The lowest BCUT2D eigenvalue weighted by molar-refractivity contribution is 0.108. The van der Waals surface area contributed by atoms with Crippen molar-refractivity contribution in [2.75, 3.05) is 0 Å². The second-order valence-electron chi connectivity index (χ2n) is 2.35. The molecule has 12 heavy (non-hydrogen) atoms. The number of benzene rings is 1. The van der Waals surface area contributed by atoms with Gasteiger partial charge in [0.25, 0.3) is 5.24 Å². The summed E-state index contributed by atoms with van der Waals surface area (Å²) in [6, 6.07) is 1.73. The first kappa shape index (κ1) is 9.13. The first-order valence-electron chi connectivity index (χ1n) is 3.18. The molecule has 0 aliphatic carbocycles. The molecule has 0 fully saturated rings. The highest BCUT2D eigenvalue weighted by Gasteiger charge is 2.10. The Hall–Kier alpha value is -0.960. The molecule has 0 unspecified atom stereocenters. The van der Waals surface area contributed by atoms with Crippen molar-refractivity contribution in [2.45, 2.75) is 6.92 Å². The Bertz CT molecular complexity index is 336. The molecule has 1 aromatic rings. The minimum absolute atomic E-state index is 0.00410. The number of halogens is 3. The van der Waals surface area contributed by atoms with Crippen LogP contribution in [0.2, 0.25) is 0 Å². The van der Waals surface area contributed by atoms with E-state index in [9.17, 15) is 13.6 Å². The van der Waals surface area contributed by atoms with Crippen LogP contribution in [0.1, 0.15) is 15.9 Å². The highest BCUT2D eigenvalue weighted by molar-refractivity contribution is 6.67. The van der Waals surface area contributed by atoms with Gasteiger partial charge in [-0.15, -0.1) is 0 Å². The van der Waals surface area contributed by atoms with E-state index in [1.165, 1.54) is 6.92 Å². The van der Waals surface area contributed by atoms with Crippen LogP contribution in [-0.2, 0) is 0 Å². The topological polar surface area (TPSA) is 17.1 Å². The van der Waals surface area contributed by atoms with E-state index in [4.69, 9.17) is 11.6 Å². The summed E-state index contributed by atoms with van der Waals surface area (Å²) in [5.41, 5.74) is 0.324. The van der Waals surface area contributed by atoms with Gasteiger partial charge < -0.3 is 0 Å². The van der Waals surface area contributed by atoms with Crippen LogP contribution in [0.3, 0.4) is 0 Å². The zero-order valence-corrected chi connectivity index (χ0v) is 6.95. The molecule has 0 saturated carbocycles. The zero-order chi connectivity index (χ0) is 9.30. The summed E-state index contributed by atoms with van der Waals surface area (Å²) in [7, 11) is 0. The molecule has 0 amide bonds. The SMILES string of the molecule is Cc1cc(F)c(F)cc1C(=O)Cl. The van der Waals surface area contributed by atoms with Crippen LogP contribution in [0, 0.1) is 18.6 Å². The Morgan fingerprint density at radius 3 is 2.33 bits per heavy atom. The van der Waals surface area contributed by atoms with Crippen LogP contribution in [-0.4, -0.2) is 5.24 Å². The number of hydrogen-bond donors (Lipinski definition) is 0. The molecule has 64 valence electrons. The molecule has 1 aromatic carbocycles. The average molecular weight is 191 g/mol. The van der Waals surface area contributed by atoms with Crippen molar-refractivity contribution < 1.29 is 13.6 Å². The summed E-state index contributed by atoms with van der Waals surface area (Å²) >= 11 is 5.10. The Labute approximate surface area is 73.0 Å². The van der Waals surface area contributed by atoms with Crippen LogP contribution < -0.4 is 0 Å². The van der Waals surface area contributed by atoms with E-state index < -0.39 is 16.9 Å². The molecule has 0 N–H and O–H groups in total. The minimum Gasteiger partial charge on any atom is -0.276 e. The largest absolute Gasteiger partial charge is 0.276 e. The molecule has 0 heterocycles. The van der Waals surface area contributed by atoms with E-state index in [0.717, 1.165) is 12.1 Å². The molecule has 0 aliphatic heterocycles. The van der Waals surface area contributed by atoms with Gasteiger partial charge in [-0.25, -0.2) is 8.78 Å². The Balaban J connectivity index is 3.33. The number of rotatable bonds is 1. The van der Waals surface area contributed by atoms with E-state index in [0.29, 0.717) is 5.56 Å². The van der Waals surface area contributed by atoms with Crippen molar-refractivity contribution in [3.8, 4) is 0 Å². The maximum absolute atomic E-state index is 12.5. The first-order chi connectivity index (χ1) is 5.52. The summed E-state index contributed by atoms with van der Waals surface area (Å²) in [6.07, 6.45) is 0. The predicted molar refractivity (Wildman–Crippen MR) is 41.3 cm³/mol. The Morgan fingerprint density at radius 2 is 1.83 bits per heavy atom. The molecule has 4 heteroatoms. The molecule has 1 rings (SSSR count). The Morgan fingerprint density at radius 1 is 1.33 bits per heavy atom. The van der Waals surface area contributed by atoms with Gasteiger partial charge in [-0.3, -0.25) is 4.79 Å². The van der Waals surface area contributed by atoms with E-state index in [2.05, 4.69) is 0 Å². The van der Waals surface area contributed by atoms with Gasteiger partial charge in [0.05, 0.1) is 0 Å². The molecule has 0 radical (unpaired) electrons. The molecule has 0 aliphatic rings. The minimum atomic E-state index is -1.07. The maximum Gasteiger partial charge on any atom is 0.252 e. The smallest absolute Gasteiger partial charge is 0.252 e. The van der Waals surface area contributed by atoms with Crippen molar-refractivity contribution in [1.82, 2.24) is 0 Å². The summed E-state index contributed by atoms with van der Waals surface area (Å²) < 4.78 is 25.0. The van der Waals surface area contributed by atoms with Gasteiger partial charge in [-0.2, -0.15) is 0 Å². The molecule has 0 spiro atoms. The van der Waals surface area contributed by atoms with Crippen LogP contribution >= 0.6 is 11.6 Å². The van der Waals surface area contributed by atoms with E-state index in [-0.39, 0.29) is 5.56 Å². The van der Waals surface area contributed by atoms with Gasteiger partial charge in [0, 0.05) is 5.56 Å². The van der Waals surface area contributed by atoms with Crippen LogP contribution in [0.4, 0.5) is 8.78 Å². The third-order valence-electron chi connectivity index (χ3n) is 1.48. The van der Waals surface area contributed by atoms with Crippen molar-refractivity contribution in [1.29, 1.82) is 0 Å². The maximum atomic E-state index is 12.5. The second kappa shape index (κ2) is 3.19. The van der Waals surface area contributed by atoms with Crippen LogP contribution in [0.5, 0.6) is 0 Å². The van der Waals surface area contributed by atoms with Crippen LogP contribution in [0.15, 0.2) is 12.1 Å². The van der Waals surface area contributed by atoms with Crippen molar-refractivity contribution in [2.24, 2.45) is 0 Å². The lowest BCUT2D eigenvalue weighted by atomic mass is 10.1. The molecule has 0 bridgehead atoms. The van der Waals surface area contributed by atoms with Gasteiger partial charge in [0.1, 0.15) is 0 Å². The number of aryl methyl sites for hydroxylation is 1. The van der Waals surface area contributed by atoms with E-state index in [1.807, 2.05) is 0 Å². The van der Waals surface area contributed by atoms with Gasteiger partial charge in [-0.05, 0) is 36.2 Å². The average Bonchev–Trinajstić information content (AvgIpc) is 1.96. The van der Waals surface area contributed by atoms with Gasteiger partial charge in [0.15, 0.2) is 11.6 Å². The van der Waals surface area contributed by atoms with Crippen molar-refractivity contribution in [3.63, 3.8) is 0 Å². The summed E-state index contributed by atoms with van der Waals surface area (Å²) in [5, 5.41) is -0.786. The quantitative estimate of drug-likeness (QED) is 0.623. The number of carbonyl (C=O) groups is 1. The van der Waals surface area contributed by atoms with Crippen molar-refractivity contribution in [3.05, 3.63) is 34.9 Å². The Kier molecular flexibility index (Phi) is 2.43. The van der Waals surface area contributed by atoms with Crippen LogP contribution in [0.25, 0.3) is 0 Å². The molecule has 0 aromatic heterocycles. The van der Waals surface area contributed by atoms with Gasteiger partial charge in [0.2, 0.25) is 0 Å². The predicted octanol–water partition coefficient (Wildman–Crippen LogP) is 2.65. The fourth-order valence-corrected chi connectivity index (χ4v) is 1.06. The molecule has 0 atom stereocenters. The lowest BCUT2D eigenvalue weighted by Crippen LogP contribution is -1.97. The number of hydrogen-bond acceptors (Lipinski definition) is 1. The first-order valence-corrected chi connectivity index (χ1v) is 3.55. The third kappa shape index (κ3) is 1.61.